The third-order valence-electron chi connectivity index (χ3n) is 6.02. The number of halogens is 1. The number of anilines is 1. The molecule has 0 bridgehead atoms. The molecule has 0 fully saturated rings. The molecule has 4 aromatic carbocycles. The number of carbonyl (C=O) groups excluding carboxylic acids is 2. The Hall–Kier alpha value is -4.87. The van der Waals surface area contributed by atoms with Gasteiger partial charge in [-0.1, -0.05) is 48.0 Å². The molecule has 222 valence electrons. The molecule has 4 aromatic rings. The van der Waals surface area contributed by atoms with E-state index in [1.807, 2.05) is 30.3 Å². The minimum Gasteiger partial charge on any atom is -0.497 e. The molecular weight excluding hydrogens is 592 g/mol. The zero-order chi connectivity index (χ0) is 30.7. The topological polar surface area (TPSA) is 126 Å². The molecule has 0 atom stereocenters. The van der Waals surface area contributed by atoms with Gasteiger partial charge >= 0.3 is 0 Å². The van der Waals surface area contributed by atoms with Crippen LogP contribution in [0.4, 0.5) is 5.69 Å². The van der Waals surface area contributed by atoms with Gasteiger partial charge < -0.3 is 14.8 Å². The van der Waals surface area contributed by atoms with Gasteiger partial charge in [0.25, 0.3) is 21.8 Å². The van der Waals surface area contributed by atoms with Crippen molar-refractivity contribution in [3.05, 3.63) is 119 Å². The van der Waals surface area contributed by atoms with Crippen molar-refractivity contribution in [1.82, 2.24) is 10.7 Å². The van der Waals surface area contributed by atoms with Crippen molar-refractivity contribution >= 4 is 45.3 Å². The molecule has 0 saturated carbocycles. The van der Waals surface area contributed by atoms with Crippen molar-refractivity contribution in [2.45, 2.75) is 11.4 Å². The molecule has 2 amide bonds. The van der Waals surface area contributed by atoms with E-state index in [0.29, 0.717) is 28.6 Å². The number of ether oxygens (including phenoxy) is 2. The van der Waals surface area contributed by atoms with E-state index in [9.17, 15) is 18.0 Å². The van der Waals surface area contributed by atoms with Gasteiger partial charge in [0.15, 0.2) is 6.61 Å². The van der Waals surface area contributed by atoms with Crippen molar-refractivity contribution in [2.24, 2.45) is 5.10 Å². The van der Waals surface area contributed by atoms with E-state index in [2.05, 4.69) is 15.8 Å². The minimum atomic E-state index is -4.14. The van der Waals surface area contributed by atoms with Gasteiger partial charge in [-0.3, -0.25) is 13.9 Å². The largest absolute Gasteiger partial charge is 0.497 e. The highest BCUT2D eigenvalue weighted by Gasteiger charge is 2.27. The lowest BCUT2D eigenvalue weighted by Gasteiger charge is -2.24. The molecule has 4 rings (SSSR count). The summed E-state index contributed by atoms with van der Waals surface area (Å²) in [5.74, 6) is 0.0500. The number of hydrogen-bond donors (Lipinski definition) is 2. The van der Waals surface area contributed by atoms with E-state index < -0.39 is 22.5 Å². The van der Waals surface area contributed by atoms with Gasteiger partial charge in [0.05, 0.1) is 23.9 Å². The SMILES string of the molecule is COc1ccc(S(=O)(=O)N(CC(=O)N/N=C\c2ccc(OCC(=O)NCc3ccccc3)cc2)c2cccc(Cl)c2)cc1. The fourth-order valence-electron chi connectivity index (χ4n) is 3.81. The van der Waals surface area contributed by atoms with E-state index in [1.54, 1.807) is 42.5 Å². The summed E-state index contributed by atoms with van der Waals surface area (Å²) >= 11 is 6.11. The van der Waals surface area contributed by atoms with E-state index in [1.165, 1.54) is 43.7 Å². The Morgan fingerprint density at radius 3 is 2.26 bits per heavy atom. The number of amides is 2. The van der Waals surface area contributed by atoms with Crippen molar-refractivity contribution in [1.29, 1.82) is 0 Å². The van der Waals surface area contributed by atoms with Gasteiger partial charge in [0.2, 0.25) is 0 Å². The highest BCUT2D eigenvalue weighted by Crippen LogP contribution is 2.27. The summed E-state index contributed by atoms with van der Waals surface area (Å²) in [6, 6.07) is 28.3. The molecule has 10 nitrogen and oxygen atoms in total. The van der Waals surface area contributed by atoms with Crippen LogP contribution in [0.2, 0.25) is 5.02 Å². The molecule has 43 heavy (non-hydrogen) atoms. The summed E-state index contributed by atoms with van der Waals surface area (Å²) in [7, 11) is -2.66. The summed E-state index contributed by atoms with van der Waals surface area (Å²) in [4.78, 5) is 24.8. The molecule has 0 aliphatic carbocycles. The third-order valence-corrected chi connectivity index (χ3v) is 8.04. The number of benzene rings is 4. The maximum absolute atomic E-state index is 13.5. The van der Waals surface area contributed by atoms with Gasteiger partial charge in [0, 0.05) is 11.6 Å². The number of sulfonamides is 1. The summed E-state index contributed by atoms with van der Waals surface area (Å²) in [5.41, 5.74) is 4.20. The Morgan fingerprint density at radius 2 is 1.58 bits per heavy atom. The fraction of sp³-hybridized carbons (Fsp3) is 0.129. The number of hydrogen-bond acceptors (Lipinski definition) is 7. The highest BCUT2D eigenvalue weighted by molar-refractivity contribution is 7.92. The zero-order valence-electron chi connectivity index (χ0n) is 23.1. The Balaban J connectivity index is 1.33. The highest BCUT2D eigenvalue weighted by atomic mass is 35.5. The minimum absolute atomic E-state index is 0.0273. The quantitative estimate of drug-likeness (QED) is 0.169. The monoisotopic (exact) mass is 620 g/mol. The van der Waals surface area contributed by atoms with Crippen LogP contribution >= 0.6 is 11.6 Å². The molecule has 0 aliphatic heterocycles. The van der Waals surface area contributed by atoms with Crippen molar-refractivity contribution in [2.75, 3.05) is 24.6 Å². The fourth-order valence-corrected chi connectivity index (χ4v) is 5.41. The maximum atomic E-state index is 13.5. The molecule has 0 unspecified atom stereocenters. The van der Waals surface area contributed by atoms with E-state index in [4.69, 9.17) is 21.1 Å². The van der Waals surface area contributed by atoms with Crippen LogP contribution in [0.5, 0.6) is 11.5 Å². The standard InChI is InChI=1S/C31H29ClN4O6S/c1-41-27-14-16-29(17-15-27)43(39,40)36(26-9-5-8-25(32)18-26)21-30(37)35-34-20-24-10-12-28(13-11-24)42-22-31(38)33-19-23-6-3-2-4-7-23/h2-18,20H,19,21-22H2,1H3,(H,33,38)(H,35,37)/b34-20-. The Kier molecular flexibility index (Phi) is 10.7. The number of methoxy groups -OCH3 is 1. The predicted octanol–water partition coefficient (Wildman–Crippen LogP) is 4.39. The molecule has 2 N–H and O–H groups in total. The third kappa shape index (κ3) is 9.06. The second-order valence-electron chi connectivity index (χ2n) is 9.08. The number of hydrazone groups is 1. The predicted molar refractivity (Wildman–Crippen MR) is 165 cm³/mol. The molecule has 0 aromatic heterocycles. The molecular formula is C31H29ClN4O6S. The van der Waals surface area contributed by atoms with Crippen LogP contribution in [0.1, 0.15) is 11.1 Å². The van der Waals surface area contributed by atoms with Crippen LogP contribution in [-0.4, -0.2) is 46.7 Å². The first-order valence-electron chi connectivity index (χ1n) is 13.0. The lowest BCUT2D eigenvalue weighted by Crippen LogP contribution is -2.39. The number of carbonyl (C=O) groups is 2. The molecule has 0 radical (unpaired) electrons. The molecule has 12 heteroatoms. The first kappa shape index (κ1) is 31.1. The first-order chi connectivity index (χ1) is 20.7. The van der Waals surface area contributed by atoms with Crippen molar-refractivity contribution in [3.8, 4) is 11.5 Å². The summed E-state index contributed by atoms with van der Waals surface area (Å²) < 4.78 is 38.6. The zero-order valence-corrected chi connectivity index (χ0v) is 24.7. The maximum Gasteiger partial charge on any atom is 0.264 e. The van der Waals surface area contributed by atoms with E-state index in [-0.39, 0.29) is 23.1 Å². The Morgan fingerprint density at radius 1 is 0.884 bits per heavy atom. The number of rotatable bonds is 13. The van der Waals surface area contributed by atoms with Gasteiger partial charge in [0.1, 0.15) is 18.0 Å². The Bertz CT molecular complexity index is 1670. The number of nitrogens with zero attached hydrogens (tertiary/aromatic N) is 2. The summed E-state index contributed by atoms with van der Waals surface area (Å²) in [5, 5.41) is 7.05. The lowest BCUT2D eigenvalue weighted by atomic mass is 10.2. The number of nitrogens with one attached hydrogen (secondary N) is 2. The smallest absolute Gasteiger partial charge is 0.264 e. The average molecular weight is 621 g/mol. The second kappa shape index (κ2) is 14.9. The summed E-state index contributed by atoms with van der Waals surface area (Å²) in [6.07, 6.45) is 1.40. The van der Waals surface area contributed by atoms with Gasteiger partial charge in [-0.05, 0) is 77.9 Å². The first-order valence-corrected chi connectivity index (χ1v) is 14.8. The van der Waals surface area contributed by atoms with Gasteiger partial charge in [-0.2, -0.15) is 5.10 Å². The van der Waals surface area contributed by atoms with Crippen LogP contribution in [0.25, 0.3) is 0 Å². The van der Waals surface area contributed by atoms with Crippen molar-refractivity contribution in [3.63, 3.8) is 0 Å². The van der Waals surface area contributed by atoms with Gasteiger partial charge in [-0.15, -0.1) is 0 Å². The molecule has 0 saturated heterocycles. The molecule has 0 spiro atoms. The average Bonchev–Trinajstić information content (AvgIpc) is 3.02. The van der Waals surface area contributed by atoms with E-state index >= 15 is 0 Å². The van der Waals surface area contributed by atoms with Crippen LogP contribution in [0, 0.1) is 0 Å². The lowest BCUT2D eigenvalue weighted by molar-refractivity contribution is -0.123. The van der Waals surface area contributed by atoms with Crippen LogP contribution in [0.15, 0.2) is 113 Å². The van der Waals surface area contributed by atoms with Crippen LogP contribution in [-0.2, 0) is 26.2 Å². The normalized spacial score (nSPS) is 11.1. The van der Waals surface area contributed by atoms with Crippen LogP contribution in [0.3, 0.4) is 0 Å². The van der Waals surface area contributed by atoms with Crippen LogP contribution < -0.4 is 24.5 Å². The second-order valence-corrected chi connectivity index (χ2v) is 11.4. The summed E-state index contributed by atoms with van der Waals surface area (Å²) in [6.45, 7) is -0.279. The molecule has 0 aliphatic rings. The van der Waals surface area contributed by atoms with Crippen molar-refractivity contribution < 1.29 is 27.5 Å². The van der Waals surface area contributed by atoms with E-state index in [0.717, 1.165) is 9.87 Å². The van der Waals surface area contributed by atoms with Gasteiger partial charge in [-0.25, -0.2) is 13.8 Å². The molecule has 0 heterocycles. The Labute approximate surface area is 254 Å².